The third-order valence-corrected chi connectivity index (χ3v) is 3.65. The molecule has 0 atom stereocenters. The number of rotatable bonds is 3. The van der Waals surface area contributed by atoms with E-state index in [-0.39, 0.29) is 5.92 Å². The van der Waals surface area contributed by atoms with E-state index in [2.05, 4.69) is 5.10 Å². The molecule has 0 unspecified atom stereocenters. The van der Waals surface area contributed by atoms with Gasteiger partial charge in [-0.25, -0.2) is 0 Å². The molecule has 82 valence electrons. The molecule has 0 aliphatic heterocycles. The van der Waals surface area contributed by atoms with Crippen LogP contribution >= 0.6 is 11.6 Å². The summed E-state index contributed by atoms with van der Waals surface area (Å²) in [5.41, 5.74) is 1.77. The number of carbonyl (C=O) groups is 1. The van der Waals surface area contributed by atoms with E-state index in [0.29, 0.717) is 17.4 Å². The SMILES string of the molecule is Cc1nn(C)c(Cl)c1CC(=O)C1CCC1. The quantitative estimate of drug-likeness (QED) is 0.793. The Morgan fingerprint density at radius 1 is 1.60 bits per heavy atom. The Morgan fingerprint density at radius 3 is 2.67 bits per heavy atom. The average Bonchev–Trinajstić information content (AvgIpc) is 2.29. The van der Waals surface area contributed by atoms with Crippen LogP contribution in [0.15, 0.2) is 0 Å². The summed E-state index contributed by atoms with van der Waals surface area (Å²) in [6.45, 7) is 1.90. The first-order chi connectivity index (χ1) is 7.09. The molecule has 3 nitrogen and oxygen atoms in total. The van der Waals surface area contributed by atoms with Gasteiger partial charge in [0.05, 0.1) is 5.69 Å². The highest BCUT2D eigenvalue weighted by atomic mass is 35.5. The first-order valence-corrected chi connectivity index (χ1v) is 5.68. The lowest BCUT2D eigenvalue weighted by molar-refractivity contribution is -0.124. The van der Waals surface area contributed by atoms with Gasteiger partial charge in [0.1, 0.15) is 10.9 Å². The topological polar surface area (TPSA) is 34.9 Å². The van der Waals surface area contributed by atoms with Crippen LogP contribution < -0.4 is 0 Å². The average molecular weight is 227 g/mol. The third-order valence-electron chi connectivity index (χ3n) is 3.18. The number of halogens is 1. The molecule has 1 aromatic heterocycles. The summed E-state index contributed by atoms with van der Waals surface area (Å²) in [5.74, 6) is 0.597. The van der Waals surface area contributed by atoms with Crippen molar-refractivity contribution < 1.29 is 4.79 Å². The van der Waals surface area contributed by atoms with Crippen LogP contribution in [-0.2, 0) is 18.3 Å². The minimum absolute atomic E-state index is 0.278. The summed E-state index contributed by atoms with van der Waals surface area (Å²) in [4.78, 5) is 11.8. The monoisotopic (exact) mass is 226 g/mol. The summed E-state index contributed by atoms with van der Waals surface area (Å²) in [6, 6.07) is 0. The van der Waals surface area contributed by atoms with Crippen LogP contribution in [0.2, 0.25) is 5.15 Å². The van der Waals surface area contributed by atoms with Crippen molar-refractivity contribution in [2.75, 3.05) is 0 Å². The smallest absolute Gasteiger partial charge is 0.140 e. The minimum Gasteiger partial charge on any atom is -0.299 e. The van der Waals surface area contributed by atoms with E-state index in [1.54, 1.807) is 11.7 Å². The van der Waals surface area contributed by atoms with Gasteiger partial charge in [-0.15, -0.1) is 0 Å². The molecule has 0 saturated heterocycles. The predicted octanol–water partition coefficient (Wildman–Crippen LogP) is 2.29. The van der Waals surface area contributed by atoms with Crippen LogP contribution in [0.3, 0.4) is 0 Å². The zero-order chi connectivity index (χ0) is 11.0. The maximum atomic E-state index is 11.8. The maximum Gasteiger partial charge on any atom is 0.140 e. The molecule has 1 aliphatic carbocycles. The van der Waals surface area contributed by atoms with Crippen LogP contribution in [0.4, 0.5) is 0 Å². The van der Waals surface area contributed by atoms with E-state index < -0.39 is 0 Å². The molecule has 1 aliphatic rings. The molecule has 0 radical (unpaired) electrons. The van der Waals surface area contributed by atoms with Crippen molar-refractivity contribution in [3.63, 3.8) is 0 Å². The molecule has 0 amide bonds. The highest BCUT2D eigenvalue weighted by Crippen LogP contribution is 2.29. The Labute approximate surface area is 94.4 Å². The Kier molecular flexibility index (Phi) is 2.83. The lowest BCUT2D eigenvalue weighted by Gasteiger charge is -2.23. The van der Waals surface area contributed by atoms with Crippen molar-refractivity contribution in [1.82, 2.24) is 9.78 Å². The summed E-state index contributed by atoms with van der Waals surface area (Å²) < 4.78 is 1.63. The van der Waals surface area contributed by atoms with Gasteiger partial charge in [0, 0.05) is 24.9 Å². The zero-order valence-electron chi connectivity index (χ0n) is 9.09. The third kappa shape index (κ3) is 1.93. The molecule has 0 bridgehead atoms. The van der Waals surface area contributed by atoms with Crippen molar-refractivity contribution in [3.05, 3.63) is 16.4 Å². The Morgan fingerprint density at radius 2 is 2.27 bits per heavy atom. The normalized spacial score (nSPS) is 16.5. The van der Waals surface area contributed by atoms with Gasteiger partial charge in [0.15, 0.2) is 0 Å². The second-order valence-corrected chi connectivity index (χ2v) is 4.61. The maximum absolute atomic E-state index is 11.8. The molecule has 1 saturated carbocycles. The van der Waals surface area contributed by atoms with E-state index in [4.69, 9.17) is 11.6 Å². The van der Waals surface area contributed by atoms with Crippen molar-refractivity contribution in [1.29, 1.82) is 0 Å². The second kappa shape index (κ2) is 3.97. The van der Waals surface area contributed by atoms with Gasteiger partial charge in [-0.3, -0.25) is 9.48 Å². The van der Waals surface area contributed by atoms with E-state index in [1.807, 2.05) is 6.92 Å². The fraction of sp³-hybridized carbons (Fsp3) is 0.636. The number of nitrogens with zero attached hydrogens (tertiary/aromatic N) is 2. The fourth-order valence-electron chi connectivity index (χ4n) is 1.92. The molecule has 2 rings (SSSR count). The number of hydrogen-bond acceptors (Lipinski definition) is 2. The fourth-order valence-corrected chi connectivity index (χ4v) is 2.16. The van der Waals surface area contributed by atoms with Crippen molar-refractivity contribution >= 4 is 17.4 Å². The van der Waals surface area contributed by atoms with Crippen LogP contribution in [0.5, 0.6) is 0 Å². The summed E-state index contributed by atoms with van der Waals surface area (Å²) in [5, 5.41) is 4.80. The molecule has 1 heterocycles. The number of ketones is 1. The number of aromatic nitrogens is 2. The van der Waals surface area contributed by atoms with Crippen molar-refractivity contribution in [2.45, 2.75) is 32.6 Å². The highest BCUT2D eigenvalue weighted by Gasteiger charge is 2.26. The molecule has 4 heteroatoms. The van der Waals surface area contributed by atoms with Gasteiger partial charge < -0.3 is 0 Å². The highest BCUT2D eigenvalue weighted by molar-refractivity contribution is 6.30. The molecule has 1 aromatic rings. The van der Waals surface area contributed by atoms with Crippen LogP contribution in [0.1, 0.15) is 30.5 Å². The zero-order valence-corrected chi connectivity index (χ0v) is 9.84. The van der Waals surface area contributed by atoms with E-state index >= 15 is 0 Å². The summed E-state index contributed by atoms with van der Waals surface area (Å²) in [7, 11) is 1.80. The molecule has 1 fully saturated rings. The van der Waals surface area contributed by atoms with Crippen LogP contribution in [0.25, 0.3) is 0 Å². The van der Waals surface area contributed by atoms with Gasteiger partial charge in [-0.1, -0.05) is 18.0 Å². The Hall–Kier alpha value is -0.830. The van der Waals surface area contributed by atoms with E-state index in [9.17, 15) is 4.79 Å². The first-order valence-electron chi connectivity index (χ1n) is 5.30. The molecule has 0 aromatic carbocycles. The molecule has 0 spiro atoms. The number of hydrogen-bond donors (Lipinski definition) is 0. The standard InChI is InChI=1S/C11H15ClN2O/c1-7-9(11(12)14(2)13-7)6-10(15)8-4-3-5-8/h8H,3-6H2,1-2H3. The van der Waals surface area contributed by atoms with Crippen LogP contribution in [0, 0.1) is 12.8 Å². The predicted molar refractivity (Wildman–Crippen MR) is 59.0 cm³/mol. The van der Waals surface area contributed by atoms with Gasteiger partial charge >= 0.3 is 0 Å². The molecule has 15 heavy (non-hydrogen) atoms. The molecular formula is C11H15ClN2O. The number of Topliss-reactive ketones (excluding diaryl/α,β-unsaturated/α-hetero) is 1. The van der Waals surface area contributed by atoms with Gasteiger partial charge in [-0.05, 0) is 19.8 Å². The Balaban J connectivity index is 2.12. The minimum atomic E-state index is 0.278. The van der Waals surface area contributed by atoms with Gasteiger partial charge in [0.25, 0.3) is 0 Å². The number of carbonyl (C=O) groups excluding carboxylic acids is 1. The van der Waals surface area contributed by atoms with Crippen molar-refractivity contribution in [3.8, 4) is 0 Å². The largest absolute Gasteiger partial charge is 0.299 e. The number of aryl methyl sites for hydroxylation is 2. The second-order valence-electron chi connectivity index (χ2n) is 4.25. The lowest BCUT2D eigenvalue weighted by atomic mass is 9.80. The first kappa shape index (κ1) is 10.7. The van der Waals surface area contributed by atoms with Crippen molar-refractivity contribution in [2.24, 2.45) is 13.0 Å². The van der Waals surface area contributed by atoms with E-state index in [0.717, 1.165) is 24.1 Å². The summed E-state index contributed by atoms with van der Waals surface area (Å²) >= 11 is 6.07. The molecular weight excluding hydrogens is 212 g/mol. The van der Waals surface area contributed by atoms with Crippen LogP contribution in [-0.4, -0.2) is 15.6 Å². The van der Waals surface area contributed by atoms with Gasteiger partial charge in [0.2, 0.25) is 0 Å². The van der Waals surface area contributed by atoms with E-state index in [1.165, 1.54) is 6.42 Å². The Bertz CT molecular complexity index is 394. The van der Waals surface area contributed by atoms with Gasteiger partial charge in [-0.2, -0.15) is 5.10 Å². The molecule has 0 N–H and O–H groups in total. The lowest BCUT2D eigenvalue weighted by Crippen LogP contribution is -2.23. The summed E-state index contributed by atoms with van der Waals surface area (Å²) in [6.07, 6.45) is 3.74.